The van der Waals surface area contributed by atoms with E-state index in [0.717, 1.165) is 81.5 Å². The molecule has 5 aliphatic rings. The minimum Gasteiger partial charge on any atom is -0.469 e. The lowest BCUT2D eigenvalue weighted by Crippen LogP contribution is -2.53. The van der Waals surface area contributed by atoms with Crippen molar-refractivity contribution in [2.45, 2.75) is 109 Å². The lowest BCUT2D eigenvalue weighted by atomic mass is 9.81. The third-order valence-corrected chi connectivity index (χ3v) is 15.1. The predicted octanol–water partition coefficient (Wildman–Crippen LogP) is 8.76. The van der Waals surface area contributed by atoms with Gasteiger partial charge in [0.05, 0.1) is 62.7 Å². The van der Waals surface area contributed by atoms with Crippen LogP contribution in [-0.4, -0.2) is 114 Å². The first kappa shape index (κ1) is 47.2. The summed E-state index contributed by atoms with van der Waals surface area (Å²) in [7, 11) is 2.71. The first-order valence-corrected chi connectivity index (χ1v) is 24.6. The van der Waals surface area contributed by atoms with Crippen molar-refractivity contribution in [1.29, 1.82) is 0 Å². The number of hydrogen-bond donors (Lipinski definition) is 2. The van der Waals surface area contributed by atoms with E-state index in [2.05, 4.69) is 84.8 Å². The largest absolute Gasteiger partial charge is 0.469 e. The number of nitrogens with zero attached hydrogens (tertiary/aromatic N) is 4. The zero-order chi connectivity index (χ0) is 47.6. The molecular formula is C54H66N6O8. The Morgan fingerprint density at radius 2 is 1.34 bits per heavy atom. The molecule has 4 aromatic rings. The minimum absolute atomic E-state index is 0.00390. The van der Waals surface area contributed by atoms with Crippen molar-refractivity contribution < 1.29 is 38.1 Å². The van der Waals surface area contributed by atoms with E-state index in [1.807, 2.05) is 36.0 Å². The number of aromatic nitrogens is 2. The number of hydrogen-bond acceptors (Lipinski definition) is 10. The number of carbonyl (C=O) groups excluding carboxylic acids is 4. The molecule has 0 aliphatic carbocycles. The smallest absolute Gasteiger partial charge is 0.407 e. The molecule has 0 saturated carbocycles. The summed E-state index contributed by atoms with van der Waals surface area (Å²) < 4.78 is 21.5. The average molecular weight is 927 g/mol. The molecule has 14 heteroatoms. The van der Waals surface area contributed by atoms with Gasteiger partial charge in [0, 0.05) is 50.2 Å². The van der Waals surface area contributed by atoms with Gasteiger partial charge in [-0.05, 0) is 121 Å². The third kappa shape index (κ3) is 10.1. The number of nitrogens with one attached hydrogen (secondary N) is 2. The van der Waals surface area contributed by atoms with E-state index >= 15 is 0 Å². The molecule has 4 fully saturated rings. The predicted molar refractivity (Wildman–Crippen MR) is 260 cm³/mol. The number of fused-ring (bicyclic) bond motifs is 1. The first-order valence-electron chi connectivity index (χ1n) is 24.6. The van der Waals surface area contributed by atoms with Crippen LogP contribution in [0.15, 0.2) is 78.1 Å². The molecule has 4 saturated heterocycles. The normalized spacial score (nSPS) is 27.1. The van der Waals surface area contributed by atoms with E-state index in [9.17, 15) is 19.2 Å². The van der Waals surface area contributed by atoms with Gasteiger partial charge in [0.25, 0.3) is 0 Å². The van der Waals surface area contributed by atoms with Crippen LogP contribution in [0.3, 0.4) is 0 Å². The number of carbonyl (C=O) groups is 4. The highest BCUT2D eigenvalue weighted by molar-refractivity contribution is 6.03. The number of esters is 1. The minimum atomic E-state index is -0.711. The molecule has 3 aromatic carbocycles. The number of alkyl carbamates (subject to hydrolysis) is 1. The maximum atomic E-state index is 14.4. The van der Waals surface area contributed by atoms with Crippen LogP contribution in [0.2, 0.25) is 0 Å². The van der Waals surface area contributed by atoms with Crippen molar-refractivity contribution in [3.63, 3.8) is 0 Å². The second kappa shape index (κ2) is 20.4. The van der Waals surface area contributed by atoms with Gasteiger partial charge in [0.1, 0.15) is 11.9 Å². The number of amides is 3. The van der Waals surface area contributed by atoms with Crippen LogP contribution >= 0.6 is 0 Å². The SMILES string of the molecule is COC(=O)CC(C(=O)N1C[C@@H](C)C[C@H]1C1=NC=C(c2ccc(-c3ccc4cc(-c5cnc([C@@H]6C[C@H](C)CN6C(=O)C(NC(=O)OC)[C@@H]6CCO[C@@H](C)C6)[nH]5)ccc4c3)cc2)C1)[C@@H]1CCO[C@@H](C)C1. The Kier molecular flexibility index (Phi) is 14.2. The molecule has 2 N–H and O–H groups in total. The Bertz CT molecular complexity index is 2570. The van der Waals surface area contributed by atoms with Crippen LogP contribution in [-0.2, 0) is 33.3 Å². The Morgan fingerprint density at radius 1 is 0.735 bits per heavy atom. The fraction of sp³-hybridized carbons (Fsp3) is 0.519. The molecule has 14 nitrogen and oxygen atoms in total. The van der Waals surface area contributed by atoms with Gasteiger partial charge >= 0.3 is 12.1 Å². The molecule has 6 heterocycles. The van der Waals surface area contributed by atoms with E-state index in [0.29, 0.717) is 51.5 Å². The van der Waals surface area contributed by atoms with E-state index in [4.69, 9.17) is 28.9 Å². The highest BCUT2D eigenvalue weighted by Crippen LogP contribution is 2.39. The number of H-pyrrole nitrogens is 1. The fourth-order valence-electron chi connectivity index (χ4n) is 11.5. The fourth-order valence-corrected chi connectivity index (χ4v) is 11.5. The number of aliphatic imine (C=N–C) groups is 1. The lowest BCUT2D eigenvalue weighted by molar-refractivity contribution is -0.150. The maximum Gasteiger partial charge on any atom is 0.407 e. The molecule has 0 radical (unpaired) electrons. The summed E-state index contributed by atoms with van der Waals surface area (Å²) in [4.78, 5) is 70.8. The summed E-state index contributed by atoms with van der Waals surface area (Å²) in [6, 6.07) is 20.5. The number of benzene rings is 3. The van der Waals surface area contributed by atoms with Crippen LogP contribution in [0, 0.1) is 29.6 Å². The second-order valence-corrected chi connectivity index (χ2v) is 20.1. The van der Waals surface area contributed by atoms with Gasteiger partial charge in [-0.1, -0.05) is 62.4 Å². The van der Waals surface area contributed by atoms with Crippen molar-refractivity contribution in [3.8, 4) is 22.4 Å². The molecule has 360 valence electrons. The van der Waals surface area contributed by atoms with Crippen molar-refractivity contribution in [2.75, 3.05) is 40.5 Å². The van der Waals surface area contributed by atoms with Gasteiger partial charge in [-0.15, -0.1) is 0 Å². The molecule has 9 rings (SSSR count). The third-order valence-electron chi connectivity index (χ3n) is 15.1. The van der Waals surface area contributed by atoms with Gasteiger partial charge in [0.2, 0.25) is 11.8 Å². The number of methoxy groups -OCH3 is 2. The molecule has 10 atom stereocenters. The average Bonchev–Trinajstić information content (AvgIpc) is 4.19. The number of aromatic amines is 1. The molecule has 3 amide bonds. The van der Waals surface area contributed by atoms with E-state index in [1.165, 1.54) is 14.2 Å². The van der Waals surface area contributed by atoms with Gasteiger partial charge in [-0.2, -0.15) is 0 Å². The van der Waals surface area contributed by atoms with Gasteiger partial charge in [-0.25, -0.2) is 9.78 Å². The van der Waals surface area contributed by atoms with Gasteiger partial charge in [-0.3, -0.25) is 19.4 Å². The van der Waals surface area contributed by atoms with Crippen molar-refractivity contribution in [1.82, 2.24) is 25.1 Å². The summed E-state index contributed by atoms with van der Waals surface area (Å²) in [5.41, 5.74) is 7.33. The number of likely N-dealkylation sites (tertiary alicyclic amines) is 2. The zero-order valence-electron chi connectivity index (χ0n) is 40.2. The standard InChI is InChI=1S/C54H66N6O8/c1-31-19-47(59(29-31)52(62)44(26-49(61)65-5)40-15-17-67-33(3)21-40)45-25-43(27-55-45)36-9-7-35(8-10-36)37-11-12-39-24-41(14-13-38(39)23-37)46-28-56-51(57-46)48-20-32(2)30-60(48)53(63)50(58-54(64)66-6)42-16-18-68-34(4)22-42/h7-14,23-24,27-28,31-34,40,42,44,47-48,50H,15-22,25-26,29-30H2,1-6H3,(H,56,57)(H,58,64)/t31-,32-,33-,34-,40+,42+,44?,47-,48-,50?/m0/s1. The van der Waals surface area contributed by atoms with Crippen molar-refractivity contribution >= 4 is 45.9 Å². The summed E-state index contributed by atoms with van der Waals surface area (Å²) >= 11 is 0. The highest BCUT2D eigenvalue weighted by atomic mass is 16.5. The molecule has 0 bridgehead atoms. The van der Waals surface area contributed by atoms with Crippen LogP contribution in [0.25, 0.3) is 38.7 Å². The van der Waals surface area contributed by atoms with Crippen molar-refractivity contribution in [2.24, 2.45) is 34.6 Å². The van der Waals surface area contributed by atoms with Crippen LogP contribution in [0.4, 0.5) is 4.79 Å². The Balaban J connectivity index is 0.852. The Labute approximate surface area is 399 Å². The monoisotopic (exact) mass is 926 g/mol. The van der Waals surface area contributed by atoms with Crippen LogP contribution in [0.5, 0.6) is 0 Å². The number of allylic oxidation sites excluding steroid dienone is 1. The summed E-state index contributed by atoms with van der Waals surface area (Å²) in [5.74, 6) is 0.467. The molecule has 68 heavy (non-hydrogen) atoms. The highest BCUT2D eigenvalue weighted by Gasteiger charge is 2.45. The number of imidazole rings is 1. The lowest BCUT2D eigenvalue weighted by Gasteiger charge is -2.36. The summed E-state index contributed by atoms with van der Waals surface area (Å²) in [6.07, 6.45) is 8.49. The van der Waals surface area contributed by atoms with E-state index in [-0.39, 0.29) is 66.2 Å². The van der Waals surface area contributed by atoms with Crippen LogP contribution in [0.1, 0.15) is 96.5 Å². The topological polar surface area (TPSA) is 165 Å². The Morgan fingerprint density at radius 3 is 2.01 bits per heavy atom. The summed E-state index contributed by atoms with van der Waals surface area (Å²) in [5, 5.41) is 5.07. The number of rotatable bonds is 12. The molecule has 2 unspecified atom stereocenters. The second-order valence-electron chi connectivity index (χ2n) is 20.1. The van der Waals surface area contributed by atoms with Gasteiger partial charge in [0.15, 0.2) is 0 Å². The van der Waals surface area contributed by atoms with E-state index < -0.39 is 18.1 Å². The van der Waals surface area contributed by atoms with Crippen LogP contribution < -0.4 is 5.32 Å². The molecule has 1 aromatic heterocycles. The zero-order valence-corrected chi connectivity index (χ0v) is 40.2. The maximum absolute atomic E-state index is 14.4. The quantitative estimate of drug-likeness (QED) is 0.132. The Hall–Kier alpha value is -5.86. The van der Waals surface area contributed by atoms with Crippen molar-refractivity contribution in [3.05, 3.63) is 84.4 Å². The molecule has 5 aliphatic heterocycles. The van der Waals surface area contributed by atoms with Gasteiger partial charge < -0.3 is 39.0 Å². The van der Waals surface area contributed by atoms with E-state index in [1.54, 1.807) is 0 Å². The first-order chi connectivity index (χ1) is 32.8. The number of ether oxygens (including phenoxy) is 4. The molecule has 0 spiro atoms. The summed E-state index contributed by atoms with van der Waals surface area (Å²) in [6.45, 7) is 10.7. The molecular weight excluding hydrogens is 861 g/mol.